The first-order valence-electron chi connectivity index (χ1n) is 6.75. The number of hydrogen-bond acceptors (Lipinski definition) is 4. The molecule has 0 unspecified atom stereocenters. The van der Waals surface area contributed by atoms with Gasteiger partial charge in [-0.3, -0.25) is 4.79 Å². The minimum absolute atomic E-state index is 0.561. The minimum atomic E-state index is 0.561. The molecule has 2 aromatic rings. The normalized spacial score (nSPS) is 11.0. The van der Waals surface area contributed by atoms with Gasteiger partial charge in [0.05, 0.1) is 21.3 Å². The molecule has 0 aliphatic heterocycles. The maximum Gasteiger partial charge on any atom is 0.161 e. The number of benzene rings is 2. The predicted octanol–water partition coefficient (Wildman–Crippen LogP) is 3.45. The Morgan fingerprint density at radius 3 is 2.32 bits per heavy atom. The summed E-state index contributed by atoms with van der Waals surface area (Å²) in [5.74, 6) is 1.97. The zero-order valence-electron chi connectivity index (χ0n) is 12.8. The number of carbonyl (C=O) groups excluding carboxylic acids is 1. The van der Waals surface area contributed by atoms with Crippen molar-refractivity contribution in [3.05, 3.63) is 53.6 Å². The Bertz CT molecular complexity index is 689. The van der Waals surface area contributed by atoms with Gasteiger partial charge in [-0.25, -0.2) is 0 Å². The number of ether oxygens (including phenoxy) is 3. The summed E-state index contributed by atoms with van der Waals surface area (Å²) in [4.78, 5) is 11.4. The van der Waals surface area contributed by atoms with Crippen molar-refractivity contribution in [1.82, 2.24) is 0 Å². The number of aldehydes is 1. The number of hydrogen-bond donors (Lipinski definition) is 0. The third-order valence-corrected chi connectivity index (χ3v) is 3.26. The summed E-state index contributed by atoms with van der Waals surface area (Å²) in [5.41, 5.74) is 2.21. The third-order valence-electron chi connectivity index (χ3n) is 3.26. The maximum atomic E-state index is 11.4. The number of methoxy groups -OCH3 is 3. The molecule has 0 aromatic heterocycles. The zero-order valence-corrected chi connectivity index (χ0v) is 12.8. The van der Waals surface area contributed by atoms with Crippen LogP contribution in [-0.4, -0.2) is 27.6 Å². The van der Waals surface area contributed by atoms with Gasteiger partial charge < -0.3 is 14.2 Å². The highest BCUT2D eigenvalue weighted by molar-refractivity contribution is 6.13. The van der Waals surface area contributed by atoms with Gasteiger partial charge in [0.2, 0.25) is 0 Å². The molecule has 0 N–H and O–H groups in total. The van der Waals surface area contributed by atoms with Gasteiger partial charge in [0, 0.05) is 5.57 Å². The van der Waals surface area contributed by atoms with Crippen molar-refractivity contribution < 1.29 is 19.0 Å². The Morgan fingerprint density at radius 2 is 1.68 bits per heavy atom. The number of rotatable bonds is 6. The topological polar surface area (TPSA) is 44.8 Å². The Balaban J connectivity index is 2.42. The Kier molecular flexibility index (Phi) is 5.20. The van der Waals surface area contributed by atoms with Gasteiger partial charge in [-0.05, 0) is 41.5 Å². The van der Waals surface area contributed by atoms with E-state index in [0.717, 1.165) is 17.4 Å². The van der Waals surface area contributed by atoms with Crippen molar-refractivity contribution in [3.8, 4) is 17.2 Å². The van der Waals surface area contributed by atoms with Gasteiger partial charge >= 0.3 is 0 Å². The van der Waals surface area contributed by atoms with Crippen molar-refractivity contribution in [2.24, 2.45) is 0 Å². The van der Waals surface area contributed by atoms with Gasteiger partial charge in [0.15, 0.2) is 17.8 Å². The molecule has 114 valence electrons. The summed E-state index contributed by atoms with van der Waals surface area (Å²) in [7, 11) is 4.76. The summed E-state index contributed by atoms with van der Waals surface area (Å²) in [5, 5.41) is 0. The van der Waals surface area contributed by atoms with E-state index in [-0.39, 0.29) is 0 Å². The highest BCUT2D eigenvalue weighted by atomic mass is 16.5. The van der Waals surface area contributed by atoms with Gasteiger partial charge in [0.25, 0.3) is 0 Å². The quantitative estimate of drug-likeness (QED) is 0.465. The standard InChI is InChI=1S/C18H18O4/c1-20-16-6-4-5-14(11-16)15(12-19)9-13-7-8-17(21-2)18(10-13)22-3/h4-12H,1-3H3. The third kappa shape index (κ3) is 3.47. The molecule has 0 spiro atoms. The van der Waals surface area contributed by atoms with Crippen molar-refractivity contribution in [3.63, 3.8) is 0 Å². The molecule has 0 radical (unpaired) electrons. The second kappa shape index (κ2) is 7.31. The van der Waals surface area contributed by atoms with Gasteiger partial charge in [-0.15, -0.1) is 0 Å². The summed E-state index contributed by atoms with van der Waals surface area (Å²) in [6.45, 7) is 0. The van der Waals surface area contributed by atoms with Gasteiger partial charge in [-0.1, -0.05) is 18.2 Å². The molecule has 0 heterocycles. The average Bonchev–Trinajstić information content (AvgIpc) is 2.59. The van der Waals surface area contributed by atoms with Crippen molar-refractivity contribution >= 4 is 17.9 Å². The average molecular weight is 298 g/mol. The van der Waals surface area contributed by atoms with Crippen LogP contribution in [0, 0.1) is 0 Å². The molecule has 0 amide bonds. The Labute approximate surface area is 129 Å². The summed E-state index contributed by atoms with van der Waals surface area (Å²) < 4.78 is 15.7. The second-order valence-corrected chi connectivity index (χ2v) is 4.56. The van der Waals surface area contributed by atoms with E-state index in [9.17, 15) is 4.79 Å². The molecule has 22 heavy (non-hydrogen) atoms. The van der Waals surface area contributed by atoms with E-state index in [1.807, 2.05) is 36.4 Å². The molecule has 0 saturated carbocycles. The van der Waals surface area contributed by atoms with Crippen LogP contribution in [-0.2, 0) is 4.79 Å². The molecule has 0 bridgehead atoms. The molecule has 0 aliphatic rings. The van der Waals surface area contributed by atoms with Crippen LogP contribution in [0.1, 0.15) is 11.1 Å². The minimum Gasteiger partial charge on any atom is -0.497 e. The van der Waals surface area contributed by atoms with Crippen LogP contribution in [0.25, 0.3) is 11.6 Å². The van der Waals surface area contributed by atoms with Crippen LogP contribution in [0.15, 0.2) is 42.5 Å². The fourth-order valence-corrected chi connectivity index (χ4v) is 2.11. The fraction of sp³-hybridized carbons (Fsp3) is 0.167. The van der Waals surface area contributed by atoms with E-state index in [2.05, 4.69) is 0 Å². The first-order chi connectivity index (χ1) is 10.7. The van der Waals surface area contributed by atoms with Crippen molar-refractivity contribution in [2.45, 2.75) is 0 Å². The maximum absolute atomic E-state index is 11.4. The molecule has 0 fully saturated rings. The number of carbonyl (C=O) groups is 1. The van der Waals surface area contributed by atoms with Gasteiger partial charge in [-0.2, -0.15) is 0 Å². The van der Waals surface area contributed by atoms with Crippen LogP contribution in [0.4, 0.5) is 0 Å². The van der Waals surface area contributed by atoms with Crippen molar-refractivity contribution in [2.75, 3.05) is 21.3 Å². The Hall–Kier alpha value is -2.75. The predicted molar refractivity (Wildman–Crippen MR) is 86.5 cm³/mol. The van der Waals surface area contributed by atoms with Crippen LogP contribution in [0.3, 0.4) is 0 Å². The van der Waals surface area contributed by atoms with Gasteiger partial charge in [0.1, 0.15) is 5.75 Å². The SMILES string of the molecule is COc1cccc(C(C=O)=Cc2ccc(OC)c(OC)c2)c1. The lowest BCUT2D eigenvalue weighted by molar-refractivity contribution is -0.103. The monoisotopic (exact) mass is 298 g/mol. The van der Waals surface area contributed by atoms with E-state index in [4.69, 9.17) is 14.2 Å². The smallest absolute Gasteiger partial charge is 0.161 e. The molecule has 0 saturated heterocycles. The van der Waals surface area contributed by atoms with Crippen LogP contribution < -0.4 is 14.2 Å². The highest BCUT2D eigenvalue weighted by Crippen LogP contribution is 2.29. The lowest BCUT2D eigenvalue weighted by Crippen LogP contribution is -1.92. The summed E-state index contributed by atoms with van der Waals surface area (Å²) in [6, 6.07) is 12.9. The summed E-state index contributed by atoms with van der Waals surface area (Å²) >= 11 is 0. The molecule has 4 nitrogen and oxygen atoms in total. The van der Waals surface area contributed by atoms with Crippen molar-refractivity contribution in [1.29, 1.82) is 0 Å². The molecule has 2 rings (SSSR count). The first-order valence-corrected chi connectivity index (χ1v) is 6.75. The summed E-state index contributed by atoms with van der Waals surface area (Å²) in [6.07, 6.45) is 2.62. The molecule has 4 heteroatoms. The Morgan fingerprint density at radius 1 is 0.909 bits per heavy atom. The van der Waals surface area contributed by atoms with E-state index in [1.54, 1.807) is 33.5 Å². The van der Waals surface area contributed by atoms with E-state index in [0.29, 0.717) is 22.8 Å². The zero-order chi connectivity index (χ0) is 15.9. The first kappa shape index (κ1) is 15.6. The second-order valence-electron chi connectivity index (χ2n) is 4.56. The van der Waals surface area contributed by atoms with Crippen LogP contribution >= 0.6 is 0 Å². The van der Waals surface area contributed by atoms with Crippen LogP contribution in [0.5, 0.6) is 17.2 Å². The lowest BCUT2D eigenvalue weighted by Gasteiger charge is -2.08. The molecule has 0 aliphatic carbocycles. The van der Waals surface area contributed by atoms with Crippen LogP contribution in [0.2, 0.25) is 0 Å². The largest absolute Gasteiger partial charge is 0.497 e. The van der Waals surface area contributed by atoms with E-state index in [1.165, 1.54) is 0 Å². The van der Waals surface area contributed by atoms with E-state index >= 15 is 0 Å². The highest BCUT2D eigenvalue weighted by Gasteiger charge is 2.06. The van der Waals surface area contributed by atoms with E-state index < -0.39 is 0 Å². The number of allylic oxidation sites excluding steroid dienone is 1. The lowest BCUT2D eigenvalue weighted by atomic mass is 10.0. The molecular weight excluding hydrogens is 280 g/mol. The molecule has 0 atom stereocenters. The molecular formula is C18H18O4. The molecule has 2 aromatic carbocycles. The fourth-order valence-electron chi connectivity index (χ4n) is 2.11.